The number of amides is 1. The van der Waals surface area contributed by atoms with Crippen LogP contribution in [0.15, 0.2) is 60.8 Å². The number of carbonyl (C=O) groups is 1. The van der Waals surface area contributed by atoms with Crippen LogP contribution in [0.4, 0.5) is 11.5 Å². The third-order valence-electron chi connectivity index (χ3n) is 4.96. The van der Waals surface area contributed by atoms with Crippen LogP contribution in [0.5, 0.6) is 5.75 Å². The van der Waals surface area contributed by atoms with Crippen LogP contribution < -0.4 is 15.8 Å². The van der Waals surface area contributed by atoms with Crippen LogP contribution in [0.2, 0.25) is 5.02 Å². The summed E-state index contributed by atoms with van der Waals surface area (Å²) in [5, 5.41) is 3.43. The van der Waals surface area contributed by atoms with Gasteiger partial charge in [-0.15, -0.1) is 0 Å². The number of pyridine rings is 1. The Bertz CT molecular complexity index is 1050. The molecule has 148 valence electrons. The lowest BCUT2D eigenvalue weighted by atomic mass is 10.1. The van der Waals surface area contributed by atoms with Gasteiger partial charge >= 0.3 is 0 Å². The van der Waals surface area contributed by atoms with Gasteiger partial charge in [0.25, 0.3) is 5.91 Å². The molecule has 1 aliphatic rings. The van der Waals surface area contributed by atoms with Gasteiger partial charge in [0.05, 0.1) is 5.02 Å². The van der Waals surface area contributed by atoms with Gasteiger partial charge in [0.1, 0.15) is 6.10 Å². The number of halogens is 1. The molecule has 29 heavy (non-hydrogen) atoms. The fraction of sp³-hybridized carbons (Fsp3) is 0.217. The molecule has 0 radical (unpaired) electrons. The van der Waals surface area contributed by atoms with Crippen molar-refractivity contribution in [3.63, 3.8) is 0 Å². The predicted molar refractivity (Wildman–Crippen MR) is 116 cm³/mol. The van der Waals surface area contributed by atoms with Crippen molar-refractivity contribution >= 4 is 29.0 Å². The molecule has 0 bridgehead atoms. The highest BCUT2D eigenvalue weighted by Gasteiger charge is 2.24. The smallest absolute Gasteiger partial charge is 0.255 e. The van der Waals surface area contributed by atoms with E-state index >= 15 is 0 Å². The van der Waals surface area contributed by atoms with E-state index in [1.165, 1.54) is 24.6 Å². The van der Waals surface area contributed by atoms with Crippen LogP contribution in [0.3, 0.4) is 0 Å². The quantitative estimate of drug-likeness (QED) is 0.558. The summed E-state index contributed by atoms with van der Waals surface area (Å²) in [6, 6.07) is 17.0. The molecule has 0 spiro atoms. The molecule has 1 heterocycles. The average Bonchev–Trinajstić information content (AvgIpc) is 3.56. The standard InChI is InChI=1S/C23H22ClN3O2/c1-14(29-21-12-19(24)13-26-22(21)25)16-4-3-7-20(11-16)27-23(28)18-6-2-5-17(10-18)15-8-9-15/h2-7,10-15H,8-9H2,1H3,(H2,25,26)(H,27,28)/t14-/m0/s1. The van der Waals surface area contributed by atoms with Gasteiger partial charge in [-0.1, -0.05) is 35.9 Å². The zero-order valence-electron chi connectivity index (χ0n) is 16.1. The maximum Gasteiger partial charge on any atom is 0.255 e. The topological polar surface area (TPSA) is 77.2 Å². The van der Waals surface area contributed by atoms with Crippen molar-refractivity contribution in [2.24, 2.45) is 0 Å². The van der Waals surface area contributed by atoms with E-state index in [4.69, 9.17) is 22.1 Å². The van der Waals surface area contributed by atoms with E-state index in [0.717, 1.165) is 5.56 Å². The van der Waals surface area contributed by atoms with E-state index in [1.807, 2.05) is 49.4 Å². The first-order valence-corrected chi connectivity index (χ1v) is 9.96. The Morgan fingerprint density at radius 3 is 2.79 bits per heavy atom. The Morgan fingerprint density at radius 1 is 1.21 bits per heavy atom. The number of hydrogen-bond acceptors (Lipinski definition) is 4. The van der Waals surface area contributed by atoms with Gasteiger partial charge in [-0.05, 0) is 61.1 Å². The van der Waals surface area contributed by atoms with Gasteiger partial charge in [-0.2, -0.15) is 0 Å². The second-order valence-electron chi connectivity index (χ2n) is 7.28. The van der Waals surface area contributed by atoms with Crippen molar-refractivity contribution in [3.05, 3.63) is 82.5 Å². The molecule has 6 heteroatoms. The molecule has 0 saturated heterocycles. The summed E-state index contributed by atoms with van der Waals surface area (Å²) in [7, 11) is 0. The number of nitrogens with two attached hydrogens (primary N) is 1. The Hall–Kier alpha value is -3.05. The van der Waals surface area contributed by atoms with Crippen LogP contribution in [-0.4, -0.2) is 10.9 Å². The van der Waals surface area contributed by atoms with Crippen molar-refractivity contribution in [3.8, 4) is 5.75 Å². The summed E-state index contributed by atoms with van der Waals surface area (Å²) < 4.78 is 5.92. The number of carbonyl (C=O) groups excluding carboxylic acids is 1. The highest BCUT2D eigenvalue weighted by Crippen LogP contribution is 2.40. The molecule has 1 aliphatic carbocycles. The second kappa shape index (κ2) is 8.13. The van der Waals surface area contributed by atoms with Gasteiger partial charge in [-0.3, -0.25) is 4.79 Å². The number of hydrogen-bond donors (Lipinski definition) is 2. The van der Waals surface area contributed by atoms with E-state index in [1.54, 1.807) is 6.07 Å². The first-order valence-electron chi connectivity index (χ1n) is 9.58. The monoisotopic (exact) mass is 407 g/mol. The summed E-state index contributed by atoms with van der Waals surface area (Å²) in [5.41, 5.74) is 9.37. The normalized spacial score (nSPS) is 14.3. The van der Waals surface area contributed by atoms with Crippen LogP contribution in [0.25, 0.3) is 0 Å². The maximum atomic E-state index is 12.7. The minimum Gasteiger partial charge on any atom is -0.482 e. The summed E-state index contributed by atoms with van der Waals surface area (Å²) in [6.45, 7) is 1.90. The van der Waals surface area contributed by atoms with E-state index in [-0.39, 0.29) is 17.8 Å². The molecule has 0 unspecified atom stereocenters. The van der Waals surface area contributed by atoms with Crippen LogP contribution in [0, 0.1) is 0 Å². The van der Waals surface area contributed by atoms with E-state index in [9.17, 15) is 4.79 Å². The number of nitrogens with one attached hydrogen (secondary N) is 1. The van der Waals surface area contributed by atoms with Crippen molar-refractivity contribution in [2.75, 3.05) is 11.1 Å². The summed E-state index contributed by atoms with van der Waals surface area (Å²) in [4.78, 5) is 16.7. The fourth-order valence-electron chi connectivity index (χ4n) is 3.21. The minimum atomic E-state index is -0.299. The summed E-state index contributed by atoms with van der Waals surface area (Å²) in [5.74, 6) is 1.19. The third-order valence-corrected chi connectivity index (χ3v) is 5.17. The minimum absolute atomic E-state index is 0.124. The van der Waals surface area contributed by atoms with E-state index < -0.39 is 0 Å². The Morgan fingerprint density at radius 2 is 2.00 bits per heavy atom. The predicted octanol–water partition coefficient (Wildman–Crippen LogP) is 5.59. The van der Waals surface area contributed by atoms with Crippen molar-refractivity contribution < 1.29 is 9.53 Å². The lowest BCUT2D eigenvalue weighted by Gasteiger charge is -2.17. The van der Waals surface area contributed by atoms with E-state index in [2.05, 4.69) is 16.4 Å². The number of nitrogens with zero attached hydrogens (tertiary/aromatic N) is 1. The first kappa shape index (κ1) is 19.3. The number of anilines is 2. The molecular weight excluding hydrogens is 386 g/mol. The first-order chi connectivity index (χ1) is 14.0. The SMILES string of the molecule is C[C@H](Oc1cc(Cl)cnc1N)c1cccc(NC(=O)c2cccc(C3CC3)c2)c1. The number of nitrogen functional groups attached to an aromatic ring is 1. The van der Waals surface area contributed by atoms with Crippen LogP contribution >= 0.6 is 11.6 Å². The van der Waals surface area contributed by atoms with Crippen LogP contribution in [-0.2, 0) is 0 Å². The maximum absolute atomic E-state index is 12.7. The average molecular weight is 408 g/mol. The molecule has 0 aliphatic heterocycles. The molecule has 5 nitrogen and oxygen atoms in total. The van der Waals surface area contributed by atoms with Gasteiger partial charge in [0, 0.05) is 23.5 Å². The molecule has 1 atom stereocenters. The number of benzene rings is 2. The zero-order chi connectivity index (χ0) is 20.4. The summed E-state index contributed by atoms with van der Waals surface area (Å²) >= 11 is 5.98. The molecule has 4 rings (SSSR count). The fourth-order valence-corrected chi connectivity index (χ4v) is 3.36. The number of ether oxygens (including phenoxy) is 1. The molecule has 1 fully saturated rings. The molecule has 3 N–H and O–H groups in total. The summed E-state index contributed by atoms with van der Waals surface area (Å²) in [6.07, 6.45) is 3.59. The number of rotatable bonds is 6. The molecule has 3 aromatic rings. The highest BCUT2D eigenvalue weighted by atomic mass is 35.5. The van der Waals surface area contributed by atoms with Gasteiger partial charge in [0.15, 0.2) is 11.6 Å². The second-order valence-corrected chi connectivity index (χ2v) is 7.71. The number of aromatic nitrogens is 1. The molecular formula is C23H22ClN3O2. The Labute approximate surface area is 174 Å². The molecule has 2 aromatic carbocycles. The Kier molecular flexibility index (Phi) is 5.41. The van der Waals surface area contributed by atoms with Crippen molar-refractivity contribution in [1.29, 1.82) is 0 Å². The lowest BCUT2D eigenvalue weighted by molar-refractivity contribution is 0.102. The van der Waals surface area contributed by atoms with Crippen molar-refractivity contribution in [1.82, 2.24) is 4.98 Å². The molecule has 1 amide bonds. The zero-order valence-corrected chi connectivity index (χ0v) is 16.8. The van der Waals surface area contributed by atoms with Gasteiger partial charge in [0.2, 0.25) is 0 Å². The van der Waals surface area contributed by atoms with E-state index in [0.29, 0.717) is 27.9 Å². The van der Waals surface area contributed by atoms with Crippen LogP contribution in [0.1, 0.15) is 53.3 Å². The third kappa shape index (κ3) is 4.69. The lowest BCUT2D eigenvalue weighted by Crippen LogP contribution is -2.13. The molecule has 1 aromatic heterocycles. The van der Waals surface area contributed by atoms with Gasteiger partial charge < -0.3 is 15.8 Å². The largest absolute Gasteiger partial charge is 0.482 e. The van der Waals surface area contributed by atoms with Crippen molar-refractivity contribution in [2.45, 2.75) is 31.8 Å². The highest BCUT2D eigenvalue weighted by molar-refractivity contribution is 6.30. The Balaban J connectivity index is 1.47. The van der Waals surface area contributed by atoms with Gasteiger partial charge in [-0.25, -0.2) is 4.98 Å². The molecule has 1 saturated carbocycles.